The molecule has 0 aromatic heterocycles. The maximum atomic E-state index is 12.7. The first-order chi connectivity index (χ1) is 15.2. The molecule has 0 saturated carbocycles. The minimum atomic E-state index is -4.39. The number of hydrogen-bond donors (Lipinski definition) is 0. The second kappa shape index (κ2) is 10.8. The van der Waals surface area contributed by atoms with Crippen LogP contribution in [0.2, 0.25) is 0 Å². The predicted octanol–water partition coefficient (Wildman–Crippen LogP) is 5.73. The van der Waals surface area contributed by atoms with Crippen molar-refractivity contribution in [2.75, 3.05) is 19.0 Å². The van der Waals surface area contributed by atoms with Crippen molar-refractivity contribution in [1.82, 2.24) is 0 Å². The molecule has 170 valence electrons. The molecule has 0 unspecified atom stereocenters. The van der Waals surface area contributed by atoms with E-state index in [4.69, 9.17) is 24.2 Å². The first-order valence-corrected chi connectivity index (χ1v) is 10.8. The van der Waals surface area contributed by atoms with E-state index in [0.29, 0.717) is 23.7 Å². The number of ether oxygens (including phenoxy) is 4. The number of nitriles is 1. The molecule has 9 heteroatoms. The van der Waals surface area contributed by atoms with Gasteiger partial charge in [-0.05, 0) is 67.4 Å². The molecule has 1 aliphatic heterocycles. The highest BCUT2D eigenvalue weighted by atomic mass is 32.2. The Balaban J connectivity index is 1.50. The van der Waals surface area contributed by atoms with Gasteiger partial charge < -0.3 is 18.9 Å². The van der Waals surface area contributed by atoms with Crippen LogP contribution in [-0.4, -0.2) is 31.5 Å². The zero-order chi connectivity index (χ0) is 23.1. The van der Waals surface area contributed by atoms with E-state index in [1.54, 1.807) is 0 Å². The molecule has 0 amide bonds. The summed E-state index contributed by atoms with van der Waals surface area (Å²) >= 11 is 1.52. The maximum Gasteiger partial charge on any atom is 0.416 e. The lowest BCUT2D eigenvalue weighted by molar-refractivity contribution is -0.380. The number of rotatable bonds is 9. The molecule has 0 atom stereocenters. The average Bonchev–Trinajstić information content (AvgIpc) is 2.73. The van der Waals surface area contributed by atoms with Gasteiger partial charge in [-0.25, -0.2) is 0 Å². The summed E-state index contributed by atoms with van der Waals surface area (Å²) in [6.07, 6.45) is -3.54. The van der Waals surface area contributed by atoms with Crippen molar-refractivity contribution in [1.29, 1.82) is 5.26 Å². The van der Waals surface area contributed by atoms with E-state index in [2.05, 4.69) is 0 Å². The van der Waals surface area contributed by atoms with Gasteiger partial charge in [0.25, 0.3) is 0 Å². The van der Waals surface area contributed by atoms with Crippen LogP contribution in [0.3, 0.4) is 0 Å². The Bertz CT molecular complexity index is 980. The fourth-order valence-electron chi connectivity index (χ4n) is 2.86. The van der Waals surface area contributed by atoms with Gasteiger partial charge in [0, 0.05) is 16.7 Å². The number of benzene rings is 2. The smallest absolute Gasteiger partial charge is 0.416 e. The molecule has 0 bridgehead atoms. The van der Waals surface area contributed by atoms with Crippen LogP contribution in [0.5, 0.6) is 11.5 Å². The molecular weight excluding hydrogens is 443 g/mol. The molecule has 3 rings (SSSR count). The van der Waals surface area contributed by atoms with Gasteiger partial charge in [-0.3, -0.25) is 0 Å². The average molecular weight is 465 g/mol. The molecule has 1 heterocycles. The number of allylic oxidation sites excluding steroid dienone is 1. The van der Waals surface area contributed by atoms with Crippen molar-refractivity contribution in [2.45, 2.75) is 37.5 Å². The maximum absolute atomic E-state index is 12.7. The lowest BCUT2D eigenvalue weighted by Gasteiger charge is -2.33. The van der Waals surface area contributed by atoms with Gasteiger partial charge >= 0.3 is 6.18 Å². The Hall–Kier alpha value is -2.67. The van der Waals surface area contributed by atoms with Gasteiger partial charge in [-0.15, -0.1) is 11.8 Å². The highest BCUT2D eigenvalue weighted by Crippen LogP contribution is 2.31. The molecule has 2 aromatic rings. The molecule has 1 aliphatic rings. The van der Waals surface area contributed by atoms with Crippen LogP contribution in [0.15, 0.2) is 59.0 Å². The van der Waals surface area contributed by atoms with E-state index in [1.807, 2.05) is 38.1 Å². The number of hydrogen-bond acceptors (Lipinski definition) is 6. The lowest BCUT2D eigenvalue weighted by Crippen LogP contribution is -2.42. The molecule has 0 N–H and O–H groups in total. The van der Waals surface area contributed by atoms with Gasteiger partial charge in [0.1, 0.15) is 24.7 Å². The largest absolute Gasteiger partial charge is 0.489 e. The number of aryl methyl sites for hydroxylation is 1. The van der Waals surface area contributed by atoms with Gasteiger partial charge in [-0.1, -0.05) is 0 Å². The second-order valence-corrected chi connectivity index (χ2v) is 8.09. The third kappa shape index (κ3) is 6.92. The number of thioether (sulfide) groups is 1. The number of halogens is 3. The quantitative estimate of drug-likeness (QED) is 0.348. The first kappa shape index (κ1) is 24.0. The van der Waals surface area contributed by atoms with Crippen LogP contribution in [0.25, 0.3) is 0 Å². The van der Waals surface area contributed by atoms with E-state index < -0.39 is 11.7 Å². The standard InChI is InChI=1S/C23H22F3NO4S/c1-15-11-20(7-8-21(15)29-13-22-30-16(2)31-22)32-14-17(9-10-27)12-28-19-5-3-18(4-6-19)23(24,25)26/h3-9,11,16,22H,12-14H2,1-2H3/b17-9+. The van der Waals surface area contributed by atoms with Crippen molar-refractivity contribution >= 4 is 11.8 Å². The van der Waals surface area contributed by atoms with Gasteiger partial charge in [0.2, 0.25) is 0 Å². The zero-order valence-electron chi connectivity index (χ0n) is 17.5. The van der Waals surface area contributed by atoms with Crippen LogP contribution >= 0.6 is 11.8 Å². The summed E-state index contributed by atoms with van der Waals surface area (Å²) in [6, 6.07) is 12.2. The molecule has 1 saturated heterocycles. The summed E-state index contributed by atoms with van der Waals surface area (Å²) in [5.41, 5.74) is 0.927. The molecule has 2 aromatic carbocycles. The Morgan fingerprint density at radius 3 is 2.47 bits per heavy atom. The predicted molar refractivity (Wildman–Crippen MR) is 113 cm³/mol. The molecule has 0 spiro atoms. The van der Waals surface area contributed by atoms with Gasteiger partial charge in [-0.2, -0.15) is 18.4 Å². The lowest BCUT2D eigenvalue weighted by atomic mass is 10.2. The summed E-state index contributed by atoms with van der Waals surface area (Å²) in [5.74, 6) is 1.53. The molecule has 0 aliphatic carbocycles. The van der Waals surface area contributed by atoms with E-state index in [0.717, 1.165) is 28.3 Å². The van der Waals surface area contributed by atoms with Crippen LogP contribution in [0.4, 0.5) is 13.2 Å². The fraction of sp³-hybridized carbons (Fsp3) is 0.348. The van der Waals surface area contributed by atoms with Crippen molar-refractivity contribution in [2.24, 2.45) is 0 Å². The summed E-state index contributed by atoms with van der Waals surface area (Å²) in [4.78, 5) is 0.984. The zero-order valence-corrected chi connectivity index (χ0v) is 18.3. The highest BCUT2D eigenvalue weighted by Gasteiger charge is 2.30. The Morgan fingerprint density at radius 2 is 1.88 bits per heavy atom. The molecule has 1 fully saturated rings. The fourth-order valence-corrected chi connectivity index (χ4v) is 3.80. The van der Waals surface area contributed by atoms with Crippen molar-refractivity contribution in [3.8, 4) is 17.6 Å². The van der Waals surface area contributed by atoms with Crippen molar-refractivity contribution in [3.63, 3.8) is 0 Å². The third-order valence-corrected chi connectivity index (χ3v) is 5.61. The number of nitrogens with zero attached hydrogens (tertiary/aromatic N) is 1. The van der Waals surface area contributed by atoms with E-state index >= 15 is 0 Å². The summed E-state index contributed by atoms with van der Waals surface area (Å²) in [5, 5.41) is 9.03. The highest BCUT2D eigenvalue weighted by molar-refractivity contribution is 7.99. The Labute approximate surface area is 188 Å². The van der Waals surface area contributed by atoms with Crippen LogP contribution in [-0.2, 0) is 15.7 Å². The van der Waals surface area contributed by atoms with E-state index in [9.17, 15) is 13.2 Å². The Kier molecular flexibility index (Phi) is 8.07. The minimum Gasteiger partial charge on any atom is -0.489 e. The van der Waals surface area contributed by atoms with E-state index in [1.165, 1.54) is 30.0 Å². The first-order valence-electron chi connectivity index (χ1n) is 9.79. The van der Waals surface area contributed by atoms with Crippen molar-refractivity contribution in [3.05, 3.63) is 65.2 Å². The minimum absolute atomic E-state index is 0.103. The molecule has 32 heavy (non-hydrogen) atoms. The summed E-state index contributed by atoms with van der Waals surface area (Å²) < 4.78 is 59.9. The molecule has 5 nitrogen and oxygen atoms in total. The van der Waals surface area contributed by atoms with E-state index in [-0.39, 0.29) is 19.2 Å². The summed E-state index contributed by atoms with van der Waals surface area (Å²) in [7, 11) is 0. The number of alkyl halides is 3. The normalized spacial score (nSPS) is 18.6. The summed E-state index contributed by atoms with van der Waals surface area (Å²) in [6.45, 7) is 4.17. The Morgan fingerprint density at radius 1 is 1.16 bits per heavy atom. The van der Waals surface area contributed by atoms with Crippen molar-refractivity contribution < 1.29 is 32.1 Å². The molecular formula is C23H22F3NO4S. The molecule has 0 radical (unpaired) electrons. The third-order valence-electron chi connectivity index (χ3n) is 4.51. The van der Waals surface area contributed by atoms with Crippen LogP contribution < -0.4 is 9.47 Å². The van der Waals surface area contributed by atoms with Crippen LogP contribution in [0, 0.1) is 18.3 Å². The van der Waals surface area contributed by atoms with Gasteiger partial charge in [0.15, 0.2) is 12.6 Å². The second-order valence-electron chi connectivity index (χ2n) is 7.04. The monoisotopic (exact) mass is 465 g/mol. The topological polar surface area (TPSA) is 60.7 Å². The van der Waals surface area contributed by atoms with Crippen LogP contribution in [0.1, 0.15) is 18.1 Å². The van der Waals surface area contributed by atoms with Gasteiger partial charge in [0.05, 0.1) is 11.6 Å². The SMILES string of the molecule is Cc1cc(SC/C(=C/C#N)COc2ccc(C(F)(F)F)cc2)ccc1OCC1OC(C)O1.